The number of nitrogens with one attached hydrogen (secondary N) is 1. The summed E-state index contributed by atoms with van der Waals surface area (Å²) in [7, 11) is 0. The van der Waals surface area contributed by atoms with E-state index in [0.29, 0.717) is 11.8 Å². The number of fused-ring (bicyclic) bond motifs is 1. The number of nitrogens with zero attached hydrogens (tertiary/aromatic N) is 3. The molecule has 2 aliphatic rings. The minimum atomic E-state index is -0.329. The van der Waals surface area contributed by atoms with Crippen molar-refractivity contribution >= 4 is 28.8 Å². The van der Waals surface area contributed by atoms with Gasteiger partial charge in [-0.25, -0.2) is 4.98 Å². The second-order valence-corrected chi connectivity index (χ2v) is 8.60. The van der Waals surface area contributed by atoms with E-state index in [2.05, 4.69) is 26.3 Å². The third-order valence-electron chi connectivity index (χ3n) is 5.12. The summed E-state index contributed by atoms with van der Waals surface area (Å²) in [5.41, 5.74) is 0. The van der Waals surface area contributed by atoms with Crippen molar-refractivity contribution < 1.29 is 5.11 Å². The lowest BCUT2D eigenvalue weighted by molar-refractivity contribution is 0.0735. The van der Waals surface area contributed by atoms with Gasteiger partial charge >= 0.3 is 0 Å². The molecule has 0 unspecified atom stereocenters. The fraction of sp³-hybridized carbons (Fsp3) is 0.529. The maximum atomic E-state index is 10.5. The lowest BCUT2D eigenvalue weighted by Gasteiger charge is -2.35. The zero-order valence-corrected chi connectivity index (χ0v) is 14.9. The molecule has 1 aliphatic heterocycles. The van der Waals surface area contributed by atoms with Crippen LogP contribution in [0, 0.1) is 11.8 Å². The number of halogens is 1. The number of aliphatic hydroxyl groups excluding tert-OH is 1. The number of anilines is 1. The van der Waals surface area contributed by atoms with E-state index in [1.807, 2.05) is 6.07 Å². The Morgan fingerprint density at radius 3 is 2.79 bits per heavy atom. The highest BCUT2D eigenvalue weighted by molar-refractivity contribution is 7.16. The summed E-state index contributed by atoms with van der Waals surface area (Å²) in [5, 5.41) is 13.9. The molecular weight excluding hydrogens is 344 g/mol. The molecule has 5 nitrogen and oxygen atoms in total. The van der Waals surface area contributed by atoms with E-state index < -0.39 is 0 Å². The van der Waals surface area contributed by atoms with E-state index in [1.54, 1.807) is 29.9 Å². The van der Waals surface area contributed by atoms with Gasteiger partial charge in [-0.05, 0) is 36.8 Å². The van der Waals surface area contributed by atoms with Crippen LogP contribution in [0.25, 0.3) is 0 Å². The molecule has 7 heteroatoms. The normalized spacial score (nSPS) is 30.2. The topological polar surface area (TPSA) is 61.3 Å². The molecule has 2 fully saturated rings. The van der Waals surface area contributed by atoms with Crippen molar-refractivity contribution in [1.82, 2.24) is 14.9 Å². The van der Waals surface area contributed by atoms with Crippen LogP contribution in [0.2, 0.25) is 4.34 Å². The predicted molar refractivity (Wildman–Crippen MR) is 96.3 cm³/mol. The van der Waals surface area contributed by atoms with Crippen molar-refractivity contribution in [2.75, 3.05) is 18.4 Å². The number of rotatable bonds is 4. The highest BCUT2D eigenvalue weighted by Crippen LogP contribution is 2.38. The Hall–Kier alpha value is -1.21. The van der Waals surface area contributed by atoms with Gasteiger partial charge in [-0.1, -0.05) is 11.6 Å². The molecule has 24 heavy (non-hydrogen) atoms. The summed E-state index contributed by atoms with van der Waals surface area (Å²) >= 11 is 7.69. The van der Waals surface area contributed by atoms with Crippen LogP contribution < -0.4 is 5.32 Å². The van der Waals surface area contributed by atoms with Crippen LogP contribution in [0.1, 0.15) is 17.7 Å². The Labute approximate surface area is 150 Å². The second-order valence-electron chi connectivity index (χ2n) is 6.80. The molecule has 1 saturated heterocycles. The van der Waals surface area contributed by atoms with Gasteiger partial charge in [-0.3, -0.25) is 9.88 Å². The van der Waals surface area contributed by atoms with Gasteiger partial charge < -0.3 is 10.4 Å². The van der Waals surface area contributed by atoms with Gasteiger partial charge in [0.1, 0.15) is 5.82 Å². The van der Waals surface area contributed by atoms with Crippen LogP contribution in [0.5, 0.6) is 0 Å². The van der Waals surface area contributed by atoms with Crippen molar-refractivity contribution in [3.8, 4) is 0 Å². The molecule has 3 heterocycles. The zero-order valence-electron chi connectivity index (χ0n) is 13.3. The number of thiophene rings is 1. The van der Waals surface area contributed by atoms with E-state index >= 15 is 0 Å². The van der Waals surface area contributed by atoms with Crippen molar-refractivity contribution in [2.24, 2.45) is 11.8 Å². The summed E-state index contributed by atoms with van der Waals surface area (Å²) in [6.07, 6.45) is 6.53. The first-order valence-electron chi connectivity index (χ1n) is 8.34. The molecule has 0 aromatic carbocycles. The molecule has 0 bridgehead atoms. The predicted octanol–water partition coefficient (Wildman–Crippen LogP) is 2.87. The Balaban J connectivity index is 1.37. The van der Waals surface area contributed by atoms with Gasteiger partial charge in [0, 0.05) is 36.9 Å². The molecule has 1 aliphatic carbocycles. The lowest BCUT2D eigenvalue weighted by atomic mass is 9.77. The average Bonchev–Trinajstić information content (AvgIpc) is 3.14. The van der Waals surface area contributed by atoms with Crippen molar-refractivity contribution in [3.63, 3.8) is 0 Å². The van der Waals surface area contributed by atoms with E-state index in [9.17, 15) is 5.11 Å². The van der Waals surface area contributed by atoms with E-state index in [-0.39, 0.29) is 12.1 Å². The standard InChI is InChI=1S/C17H21ClN4OS/c18-16-2-1-13(24-16)10-22-8-11-5-14(15(23)6-12(11)9-22)21-17-7-19-3-4-20-17/h1-4,7,11-12,14-15,23H,5-6,8-10H2,(H,20,21)/t11-,12+,14-,15-/m1/s1. The smallest absolute Gasteiger partial charge is 0.144 e. The third-order valence-corrected chi connectivity index (χ3v) is 6.34. The SMILES string of the molecule is O[C@@H]1C[C@H]2CN(Cc3ccc(Cl)s3)C[C@H]2C[C@H]1Nc1cnccn1. The molecule has 4 atom stereocenters. The minimum absolute atomic E-state index is 0.0547. The van der Waals surface area contributed by atoms with Crippen LogP contribution in [-0.2, 0) is 6.54 Å². The number of hydrogen-bond acceptors (Lipinski definition) is 6. The third kappa shape index (κ3) is 3.57. The molecule has 0 spiro atoms. The number of aliphatic hydroxyl groups is 1. The molecule has 4 rings (SSSR count). The molecule has 2 aromatic heterocycles. The van der Waals surface area contributed by atoms with Crippen molar-refractivity contribution in [1.29, 1.82) is 0 Å². The lowest BCUT2D eigenvalue weighted by Crippen LogP contribution is -2.43. The maximum Gasteiger partial charge on any atom is 0.144 e. The zero-order chi connectivity index (χ0) is 16.5. The van der Waals surface area contributed by atoms with Crippen molar-refractivity contribution in [3.05, 3.63) is 39.9 Å². The van der Waals surface area contributed by atoms with Gasteiger partial charge in [-0.15, -0.1) is 11.3 Å². The Kier molecular flexibility index (Phi) is 4.72. The largest absolute Gasteiger partial charge is 0.391 e. The van der Waals surface area contributed by atoms with Gasteiger partial charge in [0.2, 0.25) is 0 Å². The van der Waals surface area contributed by atoms with Crippen LogP contribution in [-0.4, -0.2) is 45.2 Å². The number of aromatic nitrogens is 2. The van der Waals surface area contributed by atoms with E-state index in [1.165, 1.54) is 4.88 Å². The van der Waals surface area contributed by atoms with Gasteiger partial charge in [-0.2, -0.15) is 0 Å². The summed E-state index contributed by atoms with van der Waals surface area (Å²) in [4.78, 5) is 12.1. The first-order valence-corrected chi connectivity index (χ1v) is 9.54. The molecular formula is C17H21ClN4OS. The molecule has 1 saturated carbocycles. The molecule has 2 aromatic rings. The highest BCUT2D eigenvalue weighted by atomic mass is 35.5. The van der Waals surface area contributed by atoms with Gasteiger partial charge in [0.15, 0.2) is 0 Å². The first kappa shape index (κ1) is 16.3. The van der Waals surface area contributed by atoms with Crippen LogP contribution in [0.15, 0.2) is 30.7 Å². The quantitative estimate of drug-likeness (QED) is 0.873. The number of likely N-dealkylation sites (tertiary alicyclic amines) is 1. The van der Waals surface area contributed by atoms with Crippen LogP contribution in [0.3, 0.4) is 0 Å². The van der Waals surface area contributed by atoms with Crippen LogP contribution in [0.4, 0.5) is 5.82 Å². The van der Waals surface area contributed by atoms with E-state index in [0.717, 1.165) is 42.6 Å². The van der Waals surface area contributed by atoms with E-state index in [4.69, 9.17) is 11.6 Å². The summed E-state index contributed by atoms with van der Waals surface area (Å²) in [6, 6.07) is 4.14. The minimum Gasteiger partial charge on any atom is -0.391 e. The molecule has 0 radical (unpaired) electrons. The summed E-state index contributed by atoms with van der Waals surface area (Å²) in [5.74, 6) is 1.94. The average molecular weight is 365 g/mol. The van der Waals surface area contributed by atoms with Gasteiger partial charge in [0.05, 0.1) is 22.7 Å². The monoisotopic (exact) mass is 364 g/mol. The van der Waals surface area contributed by atoms with Crippen molar-refractivity contribution in [2.45, 2.75) is 31.5 Å². The molecule has 0 amide bonds. The fourth-order valence-electron chi connectivity index (χ4n) is 4.03. The Morgan fingerprint density at radius 1 is 1.25 bits per heavy atom. The molecule has 2 N–H and O–H groups in total. The maximum absolute atomic E-state index is 10.5. The van der Waals surface area contributed by atoms with Gasteiger partial charge in [0.25, 0.3) is 0 Å². The Morgan fingerprint density at radius 2 is 2.08 bits per heavy atom. The Bertz CT molecular complexity index is 682. The first-order chi connectivity index (χ1) is 11.7. The fourth-order valence-corrected chi connectivity index (χ4v) is 5.16. The summed E-state index contributed by atoms with van der Waals surface area (Å²) in [6.45, 7) is 3.11. The van der Waals surface area contributed by atoms with Crippen LogP contribution >= 0.6 is 22.9 Å². The second kappa shape index (κ2) is 6.96. The molecule has 128 valence electrons. The number of hydrogen-bond donors (Lipinski definition) is 2. The summed E-state index contributed by atoms with van der Waals surface area (Å²) < 4.78 is 0.852. The highest BCUT2D eigenvalue weighted by Gasteiger charge is 2.41.